The summed E-state index contributed by atoms with van der Waals surface area (Å²) in [5, 5.41) is 10.2. The van der Waals surface area contributed by atoms with Crippen molar-refractivity contribution in [2.45, 2.75) is 19.3 Å². The molecule has 0 aliphatic rings. The topological polar surface area (TPSA) is 36.7 Å². The third-order valence-electron chi connectivity index (χ3n) is 2.62. The highest BCUT2D eigenvalue weighted by atomic mass is 14.6. The Kier molecular flexibility index (Phi) is 2.64. The van der Waals surface area contributed by atoms with Gasteiger partial charge in [0.1, 0.15) is 0 Å². The van der Waals surface area contributed by atoms with Gasteiger partial charge in [-0.1, -0.05) is 25.1 Å². The molecule has 0 amide bonds. The van der Waals surface area contributed by atoms with Crippen LogP contribution in [0.1, 0.15) is 24.8 Å². The van der Waals surface area contributed by atoms with Crippen LogP contribution >= 0.6 is 0 Å². The lowest BCUT2D eigenvalue weighted by atomic mass is 9.95. The molecule has 2 heteroatoms. The second-order valence-corrected chi connectivity index (χ2v) is 3.51. The van der Waals surface area contributed by atoms with E-state index in [1.165, 1.54) is 0 Å². The molecule has 2 rings (SSSR count). The number of nitriles is 1. The van der Waals surface area contributed by atoms with Crippen LogP contribution in [0.5, 0.6) is 0 Å². The molecule has 1 aromatic carbocycles. The van der Waals surface area contributed by atoms with Gasteiger partial charge in [-0.05, 0) is 24.1 Å². The fraction of sp³-hybridized carbons (Fsp3) is 0.231. The van der Waals surface area contributed by atoms with Crippen LogP contribution in [0.4, 0.5) is 0 Å². The first-order valence-electron chi connectivity index (χ1n) is 5.10. The van der Waals surface area contributed by atoms with E-state index < -0.39 is 0 Å². The predicted octanol–water partition coefficient (Wildman–Crippen LogP) is 3.25. The molecule has 0 N–H and O–H groups in total. The smallest absolute Gasteiger partial charge is 0.0717 e. The number of benzene rings is 1. The molecular weight excluding hydrogens is 184 g/mol. The molecule has 0 aliphatic heterocycles. The molecule has 1 unspecified atom stereocenters. The SMILES string of the molecule is CCC(C#N)c1ccnc2ccccc12. The molecule has 2 nitrogen and oxygen atoms in total. The van der Waals surface area contributed by atoms with E-state index in [1.54, 1.807) is 6.20 Å². The minimum absolute atomic E-state index is 0.0297. The molecule has 15 heavy (non-hydrogen) atoms. The fourth-order valence-electron chi connectivity index (χ4n) is 1.80. The number of nitrogens with zero attached hydrogens (tertiary/aromatic N) is 2. The molecule has 2 aromatic rings. The lowest BCUT2D eigenvalue weighted by Gasteiger charge is -2.09. The van der Waals surface area contributed by atoms with Gasteiger partial charge in [-0.3, -0.25) is 4.98 Å². The molecule has 0 saturated carbocycles. The number of para-hydroxylation sites is 1. The van der Waals surface area contributed by atoms with E-state index in [4.69, 9.17) is 5.26 Å². The van der Waals surface area contributed by atoms with Crippen molar-refractivity contribution in [3.63, 3.8) is 0 Å². The molecule has 0 radical (unpaired) electrons. The average Bonchev–Trinajstić information content (AvgIpc) is 2.31. The molecule has 1 aromatic heterocycles. The first-order chi connectivity index (χ1) is 7.36. The van der Waals surface area contributed by atoms with E-state index in [9.17, 15) is 0 Å². The van der Waals surface area contributed by atoms with E-state index in [-0.39, 0.29) is 5.92 Å². The van der Waals surface area contributed by atoms with Crippen molar-refractivity contribution >= 4 is 10.9 Å². The minimum Gasteiger partial charge on any atom is -0.256 e. The summed E-state index contributed by atoms with van der Waals surface area (Å²) in [7, 11) is 0. The Labute approximate surface area is 89.2 Å². The summed E-state index contributed by atoms with van der Waals surface area (Å²) in [4.78, 5) is 4.28. The van der Waals surface area contributed by atoms with Crippen LogP contribution in [-0.2, 0) is 0 Å². The van der Waals surface area contributed by atoms with Gasteiger partial charge in [-0.2, -0.15) is 5.26 Å². The highest BCUT2D eigenvalue weighted by Crippen LogP contribution is 2.25. The second kappa shape index (κ2) is 4.10. The van der Waals surface area contributed by atoms with E-state index in [1.807, 2.05) is 37.3 Å². The summed E-state index contributed by atoms with van der Waals surface area (Å²) >= 11 is 0. The first kappa shape index (κ1) is 9.67. The van der Waals surface area contributed by atoms with Crippen LogP contribution in [0, 0.1) is 11.3 Å². The highest BCUT2D eigenvalue weighted by molar-refractivity contribution is 5.82. The van der Waals surface area contributed by atoms with Crippen molar-refractivity contribution in [3.8, 4) is 6.07 Å². The maximum Gasteiger partial charge on any atom is 0.0717 e. The summed E-state index contributed by atoms with van der Waals surface area (Å²) in [5.74, 6) is -0.0297. The van der Waals surface area contributed by atoms with Gasteiger partial charge in [0.25, 0.3) is 0 Å². The Morgan fingerprint density at radius 1 is 1.33 bits per heavy atom. The Morgan fingerprint density at radius 3 is 2.87 bits per heavy atom. The third-order valence-corrected chi connectivity index (χ3v) is 2.62. The van der Waals surface area contributed by atoms with Gasteiger partial charge in [-0.25, -0.2) is 0 Å². The Balaban J connectivity index is 2.66. The van der Waals surface area contributed by atoms with Crippen molar-refractivity contribution in [1.29, 1.82) is 5.26 Å². The van der Waals surface area contributed by atoms with E-state index >= 15 is 0 Å². The van der Waals surface area contributed by atoms with Gasteiger partial charge < -0.3 is 0 Å². The summed E-state index contributed by atoms with van der Waals surface area (Å²) in [6, 6.07) is 12.2. The lowest BCUT2D eigenvalue weighted by molar-refractivity contribution is 0.824. The zero-order valence-corrected chi connectivity index (χ0v) is 8.64. The van der Waals surface area contributed by atoms with E-state index in [0.29, 0.717) is 0 Å². The van der Waals surface area contributed by atoms with Gasteiger partial charge >= 0.3 is 0 Å². The maximum atomic E-state index is 9.07. The molecule has 1 heterocycles. The monoisotopic (exact) mass is 196 g/mol. The summed E-state index contributed by atoms with van der Waals surface area (Å²) in [5.41, 5.74) is 2.05. The number of rotatable bonds is 2. The van der Waals surface area contributed by atoms with Crippen LogP contribution in [0.25, 0.3) is 10.9 Å². The van der Waals surface area contributed by atoms with Crippen LogP contribution in [0.3, 0.4) is 0 Å². The van der Waals surface area contributed by atoms with Gasteiger partial charge in [0, 0.05) is 11.6 Å². The second-order valence-electron chi connectivity index (χ2n) is 3.51. The molecule has 0 bridgehead atoms. The molecule has 0 spiro atoms. The van der Waals surface area contributed by atoms with Crippen molar-refractivity contribution in [3.05, 3.63) is 42.1 Å². The minimum atomic E-state index is -0.0297. The Bertz CT molecular complexity index is 506. The first-order valence-corrected chi connectivity index (χ1v) is 5.10. The van der Waals surface area contributed by atoms with Crippen LogP contribution in [0.2, 0.25) is 0 Å². The molecule has 0 aliphatic carbocycles. The van der Waals surface area contributed by atoms with Gasteiger partial charge in [0.05, 0.1) is 17.5 Å². The van der Waals surface area contributed by atoms with E-state index in [2.05, 4.69) is 11.1 Å². The number of fused-ring (bicyclic) bond motifs is 1. The summed E-state index contributed by atoms with van der Waals surface area (Å²) in [6.45, 7) is 2.03. The highest BCUT2D eigenvalue weighted by Gasteiger charge is 2.11. The van der Waals surface area contributed by atoms with Gasteiger partial charge in [0.2, 0.25) is 0 Å². The maximum absolute atomic E-state index is 9.07. The normalized spacial score (nSPS) is 12.3. The number of aromatic nitrogens is 1. The summed E-state index contributed by atoms with van der Waals surface area (Å²) in [6.07, 6.45) is 2.61. The van der Waals surface area contributed by atoms with Crippen molar-refractivity contribution < 1.29 is 0 Å². The molecule has 1 atom stereocenters. The fourth-order valence-corrected chi connectivity index (χ4v) is 1.80. The Morgan fingerprint density at radius 2 is 2.13 bits per heavy atom. The number of pyridine rings is 1. The van der Waals surface area contributed by atoms with Crippen molar-refractivity contribution in [2.75, 3.05) is 0 Å². The van der Waals surface area contributed by atoms with Crippen LogP contribution < -0.4 is 0 Å². The largest absolute Gasteiger partial charge is 0.256 e. The number of hydrogen-bond acceptors (Lipinski definition) is 2. The van der Waals surface area contributed by atoms with Crippen molar-refractivity contribution in [1.82, 2.24) is 4.98 Å². The average molecular weight is 196 g/mol. The molecular formula is C13H12N2. The van der Waals surface area contributed by atoms with Gasteiger partial charge in [0.15, 0.2) is 0 Å². The van der Waals surface area contributed by atoms with Crippen LogP contribution in [0.15, 0.2) is 36.5 Å². The quantitative estimate of drug-likeness (QED) is 0.739. The standard InChI is InChI=1S/C13H12N2/c1-2-10(9-14)11-7-8-15-13-6-4-3-5-12(11)13/h3-8,10H,2H2,1H3. The summed E-state index contributed by atoms with van der Waals surface area (Å²) < 4.78 is 0. The van der Waals surface area contributed by atoms with Crippen molar-refractivity contribution in [2.24, 2.45) is 0 Å². The zero-order chi connectivity index (χ0) is 10.7. The molecule has 0 fully saturated rings. The third kappa shape index (κ3) is 1.69. The molecule has 74 valence electrons. The Hall–Kier alpha value is -1.88. The molecule has 0 saturated heterocycles. The number of hydrogen-bond donors (Lipinski definition) is 0. The lowest BCUT2D eigenvalue weighted by Crippen LogP contribution is -1.95. The predicted molar refractivity (Wildman–Crippen MR) is 60.4 cm³/mol. The van der Waals surface area contributed by atoms with Gasteiger partial charge in [-0.15, -0.1) is 0 Å². The zero-order valence-electron chi connectivity index (χ0n) is 8.64. The van der Waals surface area contributed by atoms with Crippen LogP contribution in [-0.4, -0.2) is 4.98 Å². The van der Waals surface area contributed by atoms with E-state index in [0.717, 1.165) is 22.9 Å².